The first kappa shape index (κ1) is 62.9. The Kier molecular flexibility index (Phi) is 24.7. The monoisotopic (exact) mass is 1070 g/mol. The molecule has 0 bridgehead atoms. The summed E-state index contributed by atoms with van der Waals surface area (Å²) >= 11 is 0. The largest absolute Gasteiger partial charge is 0.480 e. The van der Waals surface area contributed by atoms with Gasteiger partial charge in [-0.1, -0.05) is 93.6 Å². The van der Waals surface area contributed by atoms with Gasteiger partial charge in [-0.25, -0.2) is 9.59 Å². The van der Waals surface area contributed by atoms with Crippen LogP contribution in [0.5, 0.6) is 0 Å². The van der Waals surface area contributed by atoms with E-state index < -0.39 is 132 Å². The van der Waals surface area contributed by atoms with Crippen LogP contribution in [0.25, 0.3) is 0 Å². The number of nitrogens with one attached hydrogen (secondary N) is 6. The lowest BCUT2D eigenvalue weighted by atomic mass is 9.94. The summed E-state index contributed by atoms with van der Waals surface area (Å²) in [7, 11) is 2.77. The molecule has 418 valence electrons. The number of carbonyl (C=O) groups excluding carboxylic acids is 8. The minimum absolute atomic E-state index is 0.0197. The van der Waals surface area contributed by atoms with Gasteiger partial charge in [0.15, 0.2) is 11.7 Å². The maximum atomic E-state index is 14.5. The number of anilines is 1. The summed E-state index contributed by atoms with van der Waals surface area (Å²) in [5.74, 6) is -14.3. The third kappa shape index (κ3) is 19.7. The average molecular weight is 1070 g/mol. The fourth-order valence-electron chi connectivity index (χ4n) is 8.01. The Balaban J connectivity index is 2.16. The molecule has 24 heteroatoms. The van der Waals surface area contributed by atoms with Crippen LogP contribution in [0, 0.1) is 17.8 Å². The Morgan fingerprint density at radius 2 is 1.43 bits per heavy atom. The molecule has 0 aromatic heterocycles. The molecule has 77 heavy (non-hydrogen) atoms. The van der Waals surface area contributed by atoms with Crippen molar-refractivity contribution in [1.29, 1.82) is 0 Å². The van der Waals surface area contributed by atoms with Crippen molar-refractivity contribution < 1.29 is 62.9 Å². The molecular weight excluding hydrogens is 999 g/mol. The lowest BCUT2D eigenvalue weighted by Gasteiger charge is -2.28. The molecule has 14 N–H and O–H groups in total. The molecule has 0 saturated carbocycles. The van der Waals surface area contributed by atoms with Crippen LogP contribution in [0.2, 0.25) is 0 Å². The summed E-state index contributed by atoms with van der Waals surface area (Å²) in [4.78, 5) is 141. The number of para-hydroxylation sites is 1. The van der Waals surface area contributed by atoms with Crippen LogP contribution in [0.15, 0.2) is 95.7 Å². The van der Waals surface area contributed by atoms with E-state index in [1.54, 1.807) is 26.2 Å². The van der Waals surface area contributed by atoms with E-state index >= 15 is 0 Å². The predicted octanol–water partition coefficient (Wildman–Crippen LogP) is 0.427. The highest BCUT2D eigenvalue weighted by atomic mass is 16.5. The van der Waals surface area contributed by atoms with Gasteiger partial charge >= 0.3 is 11.9 Å². The first-order valence-electron chi connectivity index (χ1n) is 24.9. The van der Waals surface area contributed by atoms with Crippen molar-refractivity contribution in [1.82, 2.24) is 36.8 Å². The topological polar surface area (TPSA) is 386 Å². The molecule has 10 atom stereocenters. The molecule has 0 radical (unpaired) electrons. The number of amides is 7. The summed E-state index contributed by atoms with van der Waals surface area (Å²) in [6.45, 7) is 11.1. The molecule has 0 unspecified atom stereocenters. The van der Waals surface area contributed by atoms with Crippen LogP contribution < -0.4 is 49.1 Å². The number of benzene rings is 2. The molecule has 2 aromatic rings. The van der Waals surface area contributed by atoms with Crippen molar-refractivity contribution in [3.63, 3.8) is 0 Å². The van der Waals surface area contributed by atoms with Crippen LogP contribution in [0.1, 0.15) is 82.6 Å². The zero-order valence-corrected chi connectivity index (χ0v) is 44.4. The van der Waals surface area contributed by atoms with Crippen molar-refractivity contribution in [2.24, 2.45) is 34.2 Å². The number of hydrogen-bond acceptors (Lipinski definition) is 13. The molecule has 24 nitrogen and oxygen atoms in total. The smallest absolute Gasteiger partial charge is 0.327 e. The Bertz CT molecular complexity index is 2580. The zero-order valence-electron chi connectivity index (χ0n) is 44.4. The first-order chi connectivity index (χ1) is 36.2. The first-order valence-corrected chi connectivity index (χ1v) is 24.9. The number of aliphatic imine (C=N–C) groups is 1. The zero-order chi connectivity index (χ0) is 57.7. The van der Waals surface area contributed by atoms with Crippen LogP contribution in [-0.2, 0) is 54.3 Å². The second-order valence-electron chi connectivity index (χ2n) is 18.8. The molecular formula is C53H73N11O13. The number of aliphatic carboxylic acids is 2. The van der Waals surface area contributed by atoms with E-state index in [1.165, 1.54) is 45.2 Å². The van der Waals surface area contributed by atoms with Crippen molar-refractivity contribution in [2.45, 2.75) is 115 Å². The average Bonchev–Trinajstić information content (AvgIpc) is 3.38. The van der Waals surface area contributed by atoms with Gasteiger partial charge in [0.25, 0.3) is 5.91 Å². The quantitative estimate of drug-likeness (QED) is 0.0206. The third-order valence-corrected chi connectivity index (χ3v) is 12.9. The number of nitrogens with zero attached hydrogens (tertiary/aromatic N) is 2. The van der Waals surface area contributed by atoms with Gasteiger partial charge in [-0.2, -0.15) is 0 Å². The number of ether oxygens (including phenoxy) is 1. The lowest BCUT2D eigenvalue weighted by molar-refractivity contribution is -0.146. The van der Waals surface area contributed by atoms with Gasteiger partial charge in [0.2, 0.25) is 35.4 Å². The highest BCUT2D eigenvalue weighted by Crippen LogP contribution is 2.20. The molecule has 7 amide bonds. The van der Waals surface area contributed by atoms with Gasteiger partial charge in [-0.05, 0) is 57.2 Å². The van der Waals surface area contributed by atoms with E-state index in [2.05, 4.69) is 43.5 Å². The van der Waals surface area contributed by atoms with E-state index in [1.807, 2.05) is 43.3 Å². The highest BCUT2D eigenvalue weighted by Gasteiger charge is 2.38. The van der Waals surface area contributed by atoms with E-state index in [-0.39, 0.29) is 48.6 Å². The number of hydrogen-bond donors (Lipinski definition) is 11. The molecule has 1 aliphatic rings. The normalized spacial score (nSPS) is 24.1. The number of carboxylic acid groups (broad SMARTS) is 2. The van der Waals surface area contributed by atoms with Gasteiger partial charge in [0, 0.05) is 50.7 Å². The van der Waals surface area contributed by atoms with Crippen molar-refractivity contribution >= 4 is 70.7 Å². The van der Waals surface area contributed by atoms with Crippen molar-refractivity contribution in [3.05, 3.63) is 102 Å². The Morgan fingerprint density at radius 3 is 2.04 bits per heavy atom. The van der Waals surface area contributed by atoms with Crippen LogP contribution in [-0.4, -0.2) is 143 Å². The molecule has 1 saturated heterocycles. The number of guanidine groups is 1. The van der Waals surface area contributed by atoms with Crippen molar-refractivity contribution in [3.8, 4) is 0 Å². The molecule has 1 aliphatic heterocycles. The number of carboxylic acids is 2. The number of methoxy groups -OCH3 is 1. The number of allylic oxidation sites excluding steroid dienone is 2. The lowest BCUT2D eigenvalue weighted by Crippen LogP contribution is -2.59. The Hall–Kier alpha value is -8.41. The van der Waals surface area contributed by atoms with Crippen LogP contribution in [0.4, 0.5) is 5.69 Å². The van der Waals surface area contributed by atoms with Gasteiger partial charge in [0.05, 0.1) is 24.0 Å². The van der Waals surface area contributed by atoms with Gasteiger partial charge < -0.3 is 69.0 Å². The van der Waals surface area contributed by atoms with E-state index in [9.17, 15) is 58.2 Å². The summed E-state index contributed by atoms with van der Waals surface area (Å²) < 4.78 is 5.82. The molecule has 3 rings (SSSR count). The summed E-state index contributed by atoms with van der Waals surface area (Å²) in [5.41, 5.74) is 18.3. The van der Waals surface area contributed by atoms with Crippen LogP contribution >= 0.6 is 0 Å². The van der Waals surface area contributed by atoms with Gasteiger partial charge in [0.1, 0.15) is 35.9 Å². The number of likely N-dealkylation sites (N-methyl/N-ethyl adjacent to an activating group) is 1. The number of rotatable bonds is 16. The van der Waals surface area contributed by atoms with Crippen LogP contribution in [0.3, 0.4) is 0 Å². The van der Waals surface area contributed by atoms with E-state index in [4.69, 9.17) is 21.9 Å². The standard InChI is InChI=1S/C53H73N11O13/c1-28(25-29(2)42(77-8)26-34-15-10-9-11-16-34)20-21-37-30(3)45(67)61-39(51(73)74)22-23-43(66)64(7)33(6)48(70)58-32(5)47(69)62-40(27-41(65)35-17-12-13-18-36(35)54)50(72)63-44(52(75)76)31(4)46(68)60-38(49(71)59-37)19-14-24-57-53(55)56/h9-13,15-18,20-21,25,29-32,37-40,42,44H,6,14,19,22-24,26-27,54H2,1-5,7-8H3,(H,58,70)(H,59,71)(H,60,68)(H,61,67)(H,62,69)(H,63,72)(H,73,74)(H,75,76)(H4,55,56,57)/b21-20+,28-25+/t29-,30-,31-,32+,37-,38-,39+,40-,42-,44+/m0/s1. The molecule has 0 aliphatic carbocycles. The number of nitrogen functional groups attached to an aromatic ring is 1. The maximum absolute atomic E-state index is 14.5. The number of carbonyl (C=O) groups is 10. The highest BCUT2D eigenvalue weighted by molar-refractivity contribution is 6.05. The minimum Gasteiger partial charge on any atom is -0.480 e. The SMILES string of the molecule is C=C1C(=O)N[C@H](C)C(=O)N[C@@H](CC(=O)c2ccccc2N)C(=O)N[C@@H](C(=O)O)[C@H](C)C(=O)N[C@@H](CCCN=C(N)N)C(=O)N[C@@H](/C=C/C(C)=C/[C@H](C)[C@H](Cc2ccccc2)OC)[C@H](C)C(=O)N[C@@H](C(=O)O)CCC(=O)N1C. The summed E-state index contributed by atoms with van der Waals surface area (Å²) in [6.07, 6.45) is 3.52. The van der Waals surface area contributed by atoms with E-state index in [0.717, 1.165) is 17.4 Å². The fourth-order valence-corrected chi connectivity index (χ4v) is 8.01. The predicted molar refractivity (Wildman–Crippen MR) is 285 cm³/mol. The Morgan fingerprint density at radius 1 is 0.818 bits per heavy atom. The minimum atomic E-state index is -2.06. The number of Topliss-reactive ketones (excluding diaryl/α,β-unsaturated/α-hetero) is 1. The third-order valence-electron chi connectivity index (χ3n) is 12.9. The second kappa shape index (κ2) is 30.2. The molecule has 1 fully saturated rings. The number of ketones is 1. The fraction of sp³-hybridized carbons (Fsp3) is 0.453. The summed E-state index contributed by atoms with van der Waals surface area (Å²) in [6, 6.07) is 5.76. The van der Waals surface area contributed by atoms with Crippen molar-refractivity contribution in [2.75, 3.05) is 26.4 Å². The maximum Gasteiger partial charge on any atom is 0.327 e. The Labute approximate surface area is 447 Å². The number of nitrogens with two attached hydrogens (primary N) is 3. The summed E-state index contributed by atoms with van der Waals surface area (Å²) in [5, 5.41) is 35.2. The molecule has 1 heterocycles. The molecule has 0 spiro atoms. The van der Waals surface area contributed by atoms with E-state index in [0.29, 0.717) is 12.0 Å². The van der Waals surface area contributed by atoms with Gasteiger partial charge in [-0.3, -0.25) is 43.3 Å². The molecule has 2 aromatic carbocycles. The van der Waals surface area contributed by atoms with Gasteiger partial charge in [-0.15, -0.1) is 0 Å². The second-order valence-corrected chi connectivity index (χ2v) is 18.8.